The molecular weight excluding hydrogens is 613 g/mol. The van der Waals surface area contributed by atoms with Crippen LogP contribution in [0.4, 0.5) is 0 Å². The molecule has 0 radical (unpaired) electrons. The molecule has 10 rings (SSSR count). The molecule has 0 saturated heterocycles. The molecule has 0 spiro atoms. The number of para-hydroxylation sites is 2. The van der Waals surface area contributed by atoms with Gasteiger partial charge in [0.05, 0.1) is 34.0 Å². The van der Waals surface area contributed by atoms with Gasteiger partial charge in [-0.05, 0) is 59.7 Å². The Labute approximate surface area is 287 Å². The second-order valence-electron chi connectivity index (χ2n) is 12.4. The van der Waals surface area contributed by atoms with Gasteiger partial charge >= 0.3 is 0 Å². The Balaban J connectivity index is 1.17. The van der Waals surface area contributed by atoms with Gasteiger partial charge in [-0.1, -0.05) is 109 Å². The van der Waals surface area contributed by atoms with E-state index in [1.54, 1.807) is 0 Å². The predicted octanol–water partition coefficient (Wildman–Crippen LogP) is 10.5. The van der Waals surface area contributed by atoms with Crippen LogP contribution in [0, 0.1) is 0 Å². The molecule has 0 saturated carbocycles. The average molecular weight is 641 g/mol. The van der Waals surface area contributed by atoms with Gasteiger partial charge in [0, 0.05) is 38.9 Å². The standard InChI is InChI=1S/C44H28N6/c1-3-12-29(13-4-1)42-46-43(30-14-5-2-6-15-30)48-44(47-42)50-39-20-10-8-18-35(39)37-27-32(22-24-41(37)50)31-21-23-40-36(26-31)34-17-7-9-19-38(34)49(40)33-16-11-25-45-28-33/h1-28H. The molecule has 6 aromatic carbocycles. The van der Waals surface area contributed by atoms with Crippen LogP contribution in [0.15, 0.2) is 170 Å². The van der Waals surface area contributed by atoms with Gasteiger partial charge < -0.3 is 4.57 Å². The average Bonchev–Trinajstić information content (AvgIpc) is 3.71. The van der Waals surface area contributed by atoms with E-state index in [9.17, 15) is 0 Å². The molecule has 0 bridgehead atoms. The predicted molar refractivity (Wildman–Crippen MR) is 203 cm³/mol. The number of benzene rings is 6. The number of fused-ring (bicyclic) bond motifs is 6. The van der Waals surface area contributed by atoms with Crippen molar-refractivity contribution < 1.29 is 0 Å². The second-order valence-corrected chi connectivity index (χ2v) is 12.4. The lowest BCUT2D eigenvalue weighted by Crippen LogP contribution is -2.06. The molecule has 0 aliphatic rings. The third kappa shape index (κ3) is 4.50. The lowest BCUT2D eigenvalue weighted by atomic mass is 10.0. The van der Waals surface area contributed by atoms with Gasteiger partial charge in [-0.15, -0.1) is 0 Å². The zero-order chi connectivity index (χ0) is 33.0. The fourth-order valence-corrected chi connectivity index (χ4v) is 7.18. The number of pyridine rings is 1. The van der Waals surface area contributed by atoms with Crippen LogP contribution in [0.5, 0.6) is 0 Å². The van der Waals surface area contributed by atoms with Crippen LogP contribution in [0.2, 0.25) is 0 Å². The summed E-state index contributed by atoms with van der Waals surface area (Å²) in [6.07, 6.45) is 3.73. The highest BCUT2D eigenvalue weighted by Gasteiger charge is 2.19. The zero-order valence-corrected chi connectivity index (χ0v) is 26.8. The minimum atomic E-state index is 0.585. The van der Waals surface area contributed by atoms with E-state index in [-0.39, 0.29) is 0 Å². The van der Waals surface area contributed by atoms with Crippen LogP contribution in [-0.2, 0) is 0 Å². The quantitative estimate of drug-likeness (QED) is 0.188. The van der Waals surface area contributed by atoms with Gasteiger partial charge in [0.25, 0.3) is 0 Å². The topological polar surface area (TPSA) is 61.4 Å². The Bertz CT molecular complexity index is 2800. The fraction of sp³-hybridized carbons (Fsp3) is 0. The maximum absolute atomic E-state index is 5.08. The summed E-state index contributed by atoms with van der Waals surface area (Å²) in [6.45, 7) is 0. The molecule has 0 amide bonds. The summed E-state index contributed by atoms with van der Waals surface area (Å²) >= 11 is 0. The molecule has 4 heterocycles. The van der Waals surface area contributed by atoms with Gasteiger partial charge in [0.1, 0.15) is 0 Å². The second kappa shape index (κ2) is 11.4. The van der Waals surface area contributed by atoms with Crippen molar-refractivity contribution in [2.24, 2.45) is 0 Å². The van der Waals surface area contributed by atoms with Crippen molar-refractivity contribution in [1.82, 2.24) is 29.1 Å². The molecule has 6 nitrogen and oxygen atoms in total. The van der Waals surface area contributed by atoms with Crippen LogP contribution < -0.4 is 0 Å². The molecular formula is C44H28N6. The van der Waals surface area contributed by atoms with Crippen molar-refractivity contribution in [2.75, 3.05) is 0 Å². The largest absolute Gasteiger partial charge is 0.308 e. The maximum atomic E-state index is 5.08. The molecule has 4 aromatic heterocycles. The van der Waals surface area contributed by atoms with E-state index in [0.717, 1.165) is 60.8 Å². The zero-order valence-electron chi connectivity index (χ0n) is 26.8. The number of hydrogen-bond acceptors (Lipinski definition) is 4. The van der Waals surface area contributed by atoms with E-state index in [4.69, 9.17) is 15.0 Å². The van der Waals surface area contributed by atoms with Crippen molar-refractivity contribution in [3.8, 4) is 45.5 Å². The lowest BCUT2D eigenvalue weighted by molar-refractivity contribution is 0.953. The minimum Gasteiger partial charge on any atom is -0.308 e. The Morgan fingerprint density at radius 1 is 0.360 bits per heavy atom. The van der Waals surface area contributed by atoms with Crippen molar-refractivity contribution in [2.45, 2.75) is 0 Å². The number of nitrogens with zero attached hydrogens (tertiary/aromatic N) is 6. The number of rotatable bonds is 5. The van der Waals surface area contributed by atoms with Crippen molar-refractivity contribution >= 4 is 43.6 Å². The highest BCUT2D eigenvalue weighted by Crippen LogP contribution is 2.38. The van der Waals surface area contributed by atoms with Crippen LogP contribution in [0.1, 0.15) is 0 Å². The molecule has 0 atom stereocenters. The summed E-state index contributed by atoms with van der Waals surface area (Å²) in [4.78, 5) is 19.5. The molecule has 0 fully saturated rings. The first kappa shape index (κ1) is 28.1. The summed E-state index contributed by atoms with van der Waals surface area (Å²) < 4.78 is 4.46. The van der Waals surface area contributed by atoms with E-state index in [1.165, 1.54) is 10.8 Å². The SMILES string of the molecule is c1ccc(-c2nc(-c3ccccc3)nc(-n3c4ccccc4c4cc(-c5ccc6c(c5)c5ccccc5n6-c5cccnc5)ccc43)n2)cc1. The Morgan fingerprint density at radius 3 is 1.42 bits per heavy atom. The molecule has 234 valence electrons. The molecule has 0 N–H and O–H groups in total. The van der Waals surface area contributed by atoms with Crippen molar-refractivity contribution in [1.29, 1.82) is 0 Å². The summed E-state index contributed by atoms with van der Waals surface area (Å²) in [6, 6.07) is 54.8. The van der Waals surface area contributed by atoms with Crippen LogP contribution in [-0.4, -0.2) is 29.1 Å². The smallest absolute Gasteiger partial charge is 0.238 e. The Kier molecular flexibility index (Phi) is 6.39. The third-order valence-electron chi connectivity index (χ3n) is 9.47. The number of hydrogen-bond donors (Lipinski definition) is 0. The Hall–Kier alpha value is -6.92. The molecule has 10 aromatic rings. The highest BCUT2D eigenvalue weighted by atomic mass is 15.2. The van der Waals surface area contributed by atoms with E-state index < -0.39 is 0 Å². The van der Waals surface area contributed by atoms with Crippen LogP contribution in [0.3, 0.4) is 0 Å². The van der Waals surface area contributed by atoms with Crippen LogP contribution >= 0.6 is 0 Å². The minimum absolute atomic E-state index is 0.585. The van der Waals surface area contributed by atoms with Gasteiger partial charge in [-0.25, -0.2) is 4.98 Å². The maximum Gasteiger partial charge on any atom is 0.238 e. The monoisotopic (exact) mass is 640 g/mol. The lowest BCUT2D eigenvalue weighted by Gasteiger charge is -2.11. The van der Waals surface area contributed by atoms with Gasteiger partial charge in [0.2, 0.25) is 5.95 Å². The summed E-state index contributed by atoms with van der Waals surface area (Å²) in [7, 11) is 0. The van der Waals surface area contributed by atoms with Crippen molar-refractivity contribution in [3.63, 3.8) is 0 Å². The van der Waals surface area contributed by atoms with E-state index in [1.807, 2.05) is 79.1 Å². The summed E-state index contributed by atoms with van der Waals surface area (Å²) in [5.41, 5.74) is 9.62. The summed E-state index contributed by atoms with van der Waals surface area (Å²) in [5, 5.41) is 4.70. The fourth-order valence-electron chi connectivity index (χ4n) is 7.18. The molecule has 50 heavy (non-hydrogen) atoms. The van der Waals surface area contributed by atoms with E-state index in [2.05, 4.69) is 105 Å². The summed E-state index contributed by atoms with van der Waals surface area (Å²) in [5.74, 6) is 1.85. The third-order valence-corrected chi connectivity index (χ3v) is 9.47. The molecule has 0 aliphatic heterocycles. The van der Waals surface area contributed by atoms with E-state index >= 15 is 0 Å². The normalized spacial score (nSPS) is 11.6. The Morgan fingerprint density at radius 2 is 0.860 bits per heavy atom. The van der Waals surface area contributed by atoms with Gasteiger partial charge in [-0.2, -0.15) is 9.97 Å². The molecule has 0 aliphatic carbocycles. The van der Waals surface area contributed by atoms with Crippen LogP contribution in [0.25, 0.3) is 89.2 Å². The van der Waals surface area contributed by atoms with Gasteiger partial charge in [-0.3, -0.25) is 9.55 Å². The van der Waals surface area contributed by atoms with Crippen molar-refractivity contribution in [3.05, 3.63) is 170 Å². The first-order valence-corrected chi connectivity index (χ1v) is 16.6. The highest BCUT2D eigenvalue weighted by molar-refractivity contribution is 6.12. The van der Waals surface area contributed by atoms with Gasteiger partial charge in [0.15, 0.2) is 11.6 Å². The van der Waals surface area contributed by atoms with E-state index in [0.29, 0.717) is 17.6 Å². The molecule has 6 heteroatoms. The number of aromatic nitrogens is 6. The first-order chi connectivity index (χ1) is 24.8. The first-order valence-electron chi connectivity index (χ1n) is 16.6. The molecule has 0 unspecified atom stereocenters.